The highest BCUT2D eigenvalue weighted by molar-refractivity contribution is 5.83. The molecule has 2 rings (SSSR count). The van der Waals surface area contributed by atoms with Crippen molar-refractivity contribution >= 4 is 11.8 Å². The number of nitrogens with zero attached hydrogens (tertiary/aromatic N) is 3. The van der Waals surface area contributed by atoms with Gasteiger partial charge < -0.3 is 10.6 Å². The van der Waals surface area contributed by atoms with Gasteiger partial charge in [0.15, 0.2) is 0 Å². The lowest BCUT2D eigenvalue weighted by atomic mass is 9.77. The van der Waals surface area contributed by atoms with Crippen LogP contribution in [0.5, 0.6) is 0 Å². The molecule has 1 aliphatic heterocycles. The molecular formula is C15H24N4O2. The molecule has 0 aliphatic carbocycles. The first-order valence-corrected chi connectivity index (χ1v) is 7.53. The Morgan fingerprint density at radius 1 is 1.48 bits per heavy atom. The van der Waals surface area contributed by atoms with Gasteiger partial charge >= 0.3 is 0 Å². The summed E-state index contributed by atoms with van der Waals surface area (Å²) in [5.41, 5.74) is 6.09. The summed E-state index contributed by atoms with van der Waals surface area (Å²) in [6.45, 7) is 5.67. The number of amides is 2. The van der Waals surface area contributed by atoms with Crippen molar-refractivity contribution in [2.75, 3.05) is 13.1 Å². The molecule has 1 atom stereocenters. The third-order valence-electron chi connectivity index (χ3n) is 4.45. The third kappa shape index (κ3) is 3.43. The summed E-state index contributed by atoms with van der Waals surface area (Å²) in [7, 11) is 0. The Kier molecular flexibility index (Phi) is 4.65. The Morgan fingerprint density at radius 2 is 2.24 bits per heavy atom. The van der Waals surface area contributed by atoms with Crippen LogP contribution < -0.4 is 5.73 Å². The van der Waals surface area contributed by atoms with E-state index < -0.39 is 5.41 Å². The van der Waals surface area contributed by atoms with Gasteiger partial charge in [0.05, 0.1) is 11.6 Å². The van der Waals surface area contributed by atoms with Gasteiger partial charge in [-0.05, 0) is 31.7 Å². The smallest absolute Gasteiger partial charge is 0.225 e. The quantitative estimate of drug-likeness (QED) is 0.882. The van der Waals surface area contributed by atoms with Crippen LogP contribution in [0.25, 0.3) is 0 Å². The van der Waals surface area contributed by atoms with Crippen LogP contribution in [0.4, 0.5) is 0 Å². The van der Waals surface area contributed by atoms with Crippen molar-refractivity contribution in [3.05, 3.63) is 18.0 Å². The van der Waals surface area contributed by atoms with E-state index >= 15 is 0 Å². The molecule has 2 amide bonds. The van der Waals surface area contributed by atoms with Crippen LogP contribution in [0.2, 0.25) is 0 Å². The lowest BCUT2D eigenvalue weighted by molar-refractivity contribution is -0.140. The largest absolute Gasteiger partial charge is 0.369 e. The monoisotopic (exact) mass is 292 g/mol. The average molecular weight is 292 g/mol. The number of aromatic nitrogens is 2. The summed E-state index contributed by atoms with van der Waals surface area (Å²) >= 11 is 0. The minimum atomic E-state index is -0.545. The molecule has 6 heteroatoms. The summed E-state index contributed by atoms with van der Waals surface area (Å²) in [5, 5.41) is 4.18. The number of likely N-dealkylation sites (tertiary alicyclic amines) is 1. The summed E-state index contributed by atoms with van der Waals surface area (Å²) < 4.78 is 1.78. The van der Waals surface area contributed by atoms with E-state index in [4.69, 9.17) is 5.73 Å². The summed E-state index contributed by atoms with van der Waals surface area (Å²) in [6, 6.07) is 0. The predicted molar refractivity (Wildman–Crippen MR) is 79.3 cm³/mol. The number of carbonyl (C=O) groups is 2. The maximum absolute atomic E-state index is 12.3. The Morgan fingerprint density at radius 3 is 2.81 bits per heavy atom. The molecule has 2 N–H and O–H groups in total. The second kappa shape index (κ2) is 6.28. The summed E-state index contributed by atoms with van der Waals surface area (Å²) in [5.74, 6) is -0.216. The lowest BCUT2D eigenvalue weighted by Gasteiger charge is -2.40. The summed E-state index contributed by atoms with van der Waals surface area (Å²) in [4.78, 5) is 25.9. The van der Waals surface area contributed by atoms with Gasteiger partial charge in [0.25, 0.3) is 0 Å². The minimum absolute atomic E-state index is 0.0712. The van der Waals surface area contributed by atoms with E-state index in [0.29, 0.717) is 32.5 Å². The zero-order valence-corrected chi connectivity index (χ0v) is 12.8. The molecule has 116 valence electrons. The predicted octanol–water partition coefficient (Wildman–Crippen LogP) is 1.09. The normalized spacial score (nSPS) is 22.3. The van der Waals surface area contributed by atoms with Crippen molar-refractivity contribution in [2.24, 2.45) is 11.1 Å². The number of aryl methyl sites for hydroxylation is 2. The Balaban J connectivity index is 1.94. The number of carbonyl (C=O) groups excluding carboxylic acids is 2. The third-order valence-corrected chi connectivity index (χ3v) is 4.45. The van der Waals surface area contributed by atoms with Gasteiger partial charge in [-0.25, -0.2) is 0 Å². The van der Waals surface area contributed by atoms with Crippen LogP contribution >= 0.6 is 0 Å². The Labute approximate surface area is 125 Å². The number of piperidine rings is 1. The fraction of sp³-hybridized carbons (Fsp3) is 0.667. The first-order valence-electron chi connectivity index (χ1n) is 7.53. The molecule has 0 radical (unpaired) electrons. The van der Waals surface area contributed by atoms with Gasteiger partial charge in [-0.2, -0.15) is 5.10 Å². The van der Waals surface area contributed by atoms with Gasteiger partial charge in [0.1, 0.15) is 0 Å². The van der Waals surface area contributed by atoms with Crippen LogP contribution in [-0.4, -0.2) is 39.6 Å². The molecule has 21 heavy (non-hydrogen) atoms. The maximum Gasteiger partial charge on any atom is 0.225 e. The molecule has 2 heterocycles. The van der Waals surface area contributed by atoms with Gasteiger partial charge in [0, 0.05) is 32.3 Å². The van der Waals surface area contributed by atoms with E-state index in [1.165, 1.54) is 0 Å². The second-order valence-corrected chi connectivity index (χ2v) is 5.95. The molecule has 1 aliphatic rings. The van der Waals surface area contributed by atoms with Crippen molar-refractivity contribution in [1.29, 1.82) is 0 Å². The van der Waals surface area contributed by atoms with E-state index in [1.54, 1.807) is 15.8 Å². The van der Waals surface area contributed by atoms with Crippen LogP contribution in [0.15, 0.2) is 12.4 Å². The molecule has 1 aromatic rings. The van der Waals surface area contributed by atoms with Crippen LogP contribution in [0.3, 0.4) is 0 Å². The van der Waals surface area contributed by atoms with Crippen molar-refractivity contribution in [2.45, 2.75) is 46.1 Å². The van der Waals surface area contributed by atoms with Crippen molar-refractivity contribution < 1.29 is 9.59 Å². The minimum Gasteiger partial charge on any atom is -0.369 e. The molecule has 1 unspecified atom stereocenters. The SMILES string of the molecule is CCC1(C(N)=O)CCCN(C(=O)CCn2cc(C)cn2)C1. The first kappa shape index (κ1) is 15.5. The number of rotatable bonds is 5. The Hall–Kier alpha value is -1.85. The van der Waals surface area contributed by atoms with Gasteiger partial charge in [-0.1, -0.05) is 6.92 Å². The van der Waals surface area contributed by atoms with Crippen molar-refractivity contribution in [3.8, 4) is 0 Å². The van der Waals surface area contributed by atoms with E-state index in [1.807, 2.05) is 20.0 Å². The second-order valence-electron chi connectivity index (χ2n) is 5.95. The van der Waals surface area contributed by atoms with E-state index in [0.717, 1.165) is 18.4 Å². The number of primary amides is 1. The highest BCUT2D eigenvalue weighted by Gasteiger charge is 2.40. The first-order chi connectivity index (χ1) is 9.97. The Bertz CT molecular complexity index is 525. The zero-order chi connectivity index (χ0) is 15.5. The molecule has 1 aromatic heterocycles. The molecule has 0 spiro atoms. The standard InChI is InChI=1S/C15H24N4O2/c1-3-15(14(16)21)6-4-7-18(11-15)13(20)5-8-19-10-12(2)9-17-19/h9-10H,3-8,11H2,1-2H3,(H2,16,21). The van der Waals surface area contributed by atoms with Crippen LogP contribution in [0.1, 0.15) is 38.2 Å². The molecule has 0 aromatic carbocycles. The maximum atomic E-state index is 12.3. The molecule has 1 saturated heterocycles. The zero-order valence-electron chi connectivity index (χ0n) is 12.8. The van der Waals surface area contributed by atoms with Gasteiger partial charge in [0.2, 0.25) is 11.8 Å². The van der Waals surface area contributed by atoms with E-state index in [2.05, 4.69) is 5.10 Å². The fourth-order valence-corrected chi connectivity index (χ4v) is 2.97. The van der Waals surface area contributed by atoms with Gasteiger partial charge in [-0.3, -0.25) is 14.3 Å². The van der Waals surface area contributed by atoms with Crippen LogP contribution in [0, 0.1) is 12.3 Å². The highest BCUT2D eigenvalue weighted by Crippen LogP contribution is 2.33. The highest BCUT2D eigenvalue weighted by atomic mass is 16.2. The average Bonchev–Trinajstić information content (AvgIpc) is 2.90. The lowest BCUT2D eigenvalue weighted by Crippen LogP contribution is -2.52. The number of hydrogen-bond donors (Lipinski definition) is 1. The molecule has 6 nitrogen and oxygen atoms in total. The van der Waals surface area contributed by atoms with Gasteiger partial charge in [-0.15, -0.1) is 0 Å². The molecule has 0 saturated carbocycles. The molecular weight excluding hydrogens is 268 g/mol. The summed E-state index contributed by atoms with van der Waals surface area (Å²) in [6.07, 6.45) is 6.40. The van der Waals surface area contributed by atoms with E-state index in [-0.39, 0.29) is 11.8 Å². The molecule has 0 bridgehead atoms. The number of nitrogens with two attached hydrogens (primary N) is 1. The van der Waals surface area contributed by atoms with Crippen molar-refractivity contribution in [1.82, 2.24) is 14.7 Å². The topological polar surface area (TPSA) is 81.2 Å². The molecule has 1 fully saturated rings. The van der Waals surface area contributed by atoms with E-state index in [9.17, 15) is 9.59 Å². The van der Waals surface area contributed by atoms with Crippen molar-refractivity contribution in [3.63, 3.8) is 0 Å². The number of hydrogen-bond acceptors (Lipinski definition) is 3. The fourth-order valence-electron chi connectivity index (χ4n) is 2.97. The van der Waals surface area contributed by atoms with Crippen LogP contribution in [-0.2, 0) is 16.1 Å².